The number of likely N-dealkylation sites (tertiary alicyclic amines) is 1. The van der Waals surface area contributed by atoms with Crippen LogP contribution < -0.4 is 0 Å². The van der Waals surface area contributed by atoms with Gasteiger partial charge < -0.3 is 9.88 Å². The van der Waals surface area contributed by atoms with E-state index >= 15 is 0 Å². The van der Waals surface area contributed by atoms with E-state index in [-0.39, 0.29) is 11.8 Å². The lowest BCUT2D eigenvalue weighted by atomic mass is 9.96. The van der Waals surface area contributed by atoms with E-state index in [0.717, 1.165) is 52.5 Å². The number of piperidine rings is 1. The zero-order valence-corrected chi connectivity index (χ0v) is 18.2. The summed E-state index contributed by atoms with van der Waals surface area (Å²) in [6, 6.07) is 20.3. The van der Waals surface area contributed by atoms with Crippen molar-refractivity contribution in [2.45, 2.75) is 29.4 Å². The number of amides is 1. The van der Waals surface area contributed by atoms with Gasteiger partial charge in [0.15, 0.2) is 0 Å². The molecule has 1 aliphatic heterocycles. The maximum atomic E-state index is 13.4. The lowest BCUT2D eigenvalue weighted by Gasteiger charge is -2.32. The second-order valence-electron chi connectivity index (χ2n) is 7.59. The van der Waals surface area contributed by atoms with Crippen molar-refractivity contribution in [3.8, 4) is 0 Å². The second kappa shape index (κ2) is 8.66. The smallest absolute Gasteiger partial charge is 0.255 e. The van der Waals surface area contributed by atoms with Crippen LogP contribution in [0.25, 0.3) is 11.0 Å². The second-order valence-corrected chi connectivity index (χ2v) is 9.64. The van der Waals surface area contributed by atoms with Gasteiger partial charge in [-0.1, -0.05) is 30.3 Å². The number of fused-ring (bicyclic) bond motifs is 1. The lowest BCUT2D eigenvalue weighted by Crippen LogP contribution is -2.39. The molecule has 0 bridgehead atoms. The molecule has 4 aromatic rings. The molecule has 1 atom stereocenters. The molecule has 5 rings (SSSR count). The van der Waals surface area contributed by atoms with E-state index in [2.05, 4.69) is 34.6 Å². The average Bonchev–Trinajstić information content (AvgIpc) is 3.47. The Labute approximate surface area is 184 Å². The SMILES string of the molecule is O=C(c1ccccc1SCc1cccs1)N1CCCC(c2nc3ccccc3[nH]2)C1. The first kappa shape index (κ1) is 19.4. The molecule has 1 amide bonds. The maximum Gasteiger partial charge on any atom is 0.255 e. The fraction of sp³-hybridized carbons (Fsp3) is 0.250. The van der Waals surface area contributed by atoms with Crippen LogP contribution in [0.2, 0.25) is 0 Å². The Hall–Kier alpha value is -2.57. The molecule has 1 N–H and O–H groups in total. The number of hydrogen-bond donors (Lipinski definition) is 1. The van der Waals surface area contributed by atoms with E-state index in [9.17, 15) is 4.79 Å². The van der Waals surface area contributed by atoms with Gasteiger partial charge in [-0.05, 0) is 48.6 Å². The predicted molar refractivity (Wildman–Crippen MR) is 124 cm³/mol. The zero-order valence-electron chi connectivity index (χ0n) is 16.6. The number of rotatable bonds is 5. The fourth-order valence-electron chi connectivity index (χ4n) is 4.03. The summed E-state index contributed by atoms with van der Waals surface area (Å²) in [7, 11) is 0. The summed E-state index contributed by atoms with van der Waals surface area (Å²) in [5, 5.41) is 2.10. The number of nitrogens with one attached hydrogen (secondary N) is 1. The molecule has 0 spiro atoms. The first-order chi connectivity index (χ1) is 14.8. The standard InChI is InChI=1S/C24H23N3OS2/c28-24(19-9-1-4-12-22(19)30-16-18-8-6-14-29-18)27-13-5-7-17(15-27)23-25-20-10-2-3-11-21(20)26-23/h1-4,6,8-12,14,17H,5,7,13,15-16H2,(H,25,26). The molecular weight excluding hydrogens is 410 g/mol. The van der Waals surface area contributed by atoms with Crippen LogP contribution in [0.15, 0.2) is 70.9 Å². The van der Waals surface area contributed by atoms with Gasteiger partial charge in [0.25, 0.3) is 5.91 Å². The van der Waals surface area contributed by atoms with Crippen molar-refractivity contribution < 1.29 is 4.79 Å². The van der Waals surface area contributed by atoms with Crippen molar-refractivity contribution in [1.29, 1.82) is 0 Å². The molecule has 0 saturated carbocycles. The average molecular weight is 434 g/mol. The number of H-pyrrole nitrogens is 1. The highest BCUT2D eigenvalue weighted by atomic mass is 32.2. The minimum atomic E-state index is 0.130. The van der Waals surface area contributed by atoms with Gasteiger partial charge in [0.2, 0.25) is 0 Å². The molecule has 2 aromatic heterocycles. The van der Waals surface area contributed by atoms with E-state index < -0.39 is 0 Å². The summed E-state index contributed by atoms with van der Waals surface area (Å²) in [6.07, 6.45) is 2.05. The number of aromatic amines is 1. The monoisotopic (exact) mass is 433 g/mol. The van der Waals surface area contributed by atoms with Gasteiger partial charge in [-0.2, -0.15) is 0 Å². The number of aromatic nitrogens is 2. The summed E-state index contributed by atoms with van der Waals surface area (Å²) >= 11 is 3.50. The molecule has 0 radical (unpaired) electrons. The number of thioether (sulfide) groups is 1. The van der Waals surface area contributed by atoms with Crippen molar-refractivity contribution in [1.82, 2.24) is 14.9 Å². The highest BCUT2D eigenvalue weighted by Gasteiger charge is 2.28. The largest absolute Gasteiger partial charge is 0.342 e. The Morgan fingerprint density at radius 3 is 2.87 bits per heavy atom. The highest BCUT2D eigenvalue weighted by molar-refractivity contribution is 7.98. The molecule has 0 aliphatic carbocycles. The number of benzene rings is 2. The summed E-state index contributed by atoms with van der Waals surface area (Å²) in [5.74, 6) is 2.27. The van der Waals surface area contributed by atoms with Crippen LogP contribution in [0, 0.1) is 0 Å². The lowest BCUT2D eigenvalue weighted by molar-refractivity contribution is 0.0701. The van der Waals surface area contributed by atoms with Crippen molar-refractivity contribution in [3.05, 3.63) is 82.3 Å². The van der Waals surface area contributed by atoms with Crippen molar-refractivity contribution >= 4 is 40.0 Å². The van der Waals surface area contributed by atoms with Crippen LogP contribution in [-0.2, 0) is 5.75 Å². The number of imidazole rings is 1. The Balaban J connectivity index is 1.33. The summed E-state index contributed by atoms with van der Waals surface area (Å²) in [4.78, 5) is 26.0. The fourth-order valence-corrected chi connectivity index (χ4v) is 5.85. The number of nitrogens with zero attached hydrogens (tertiary/aromatic N) is 2. The highest BCUT2D eigenvalue weighted by Crippen LogP contribution is 2.31. The first-order valence-corrected chi connectivity index (χ1v) is 12.1. The van der Waals surface area contributed by atoms with Crippen molar-refractivity contribution in [2.75, 3.05) is 13.1 Å². The Morgan fingerprint density at radius 2 is 2.00 bits per heavy atom. The molecule has 30 heavy (non-hydrogen) atoms. The van der Waals surface area contributed by atoms with Gasteiger partial charge in [-0.25, -0.2) is 4.98 Å². The van der Waals surface area contributed by atoms with E-state index in [1.807, 2.05) is 41.3 Å². The number of para-hydroxylation sites is 2. The number of carbonyl (C=O) groups is 1. The molecule has 152 valence electrons. The molecule has 4 nitrogen and oxygen atoms in total. The molecule has 1 fully saturated rings. The topological polar surface area (TPSA) is 49.0 Å². The molecule has 3 heterocycles. The number of carbonyl (C=O) groups excluding carboxylic acids is 1. The summed E-state index contributed by atoms with van der Waals surface area (Å²) in [5.41, 5.74) is 2.86. The van der Waals surface area contributed by atoms with Gasteiger partial charge in [0.05, 0.1) is 16.6 Å². The van der Waals surface area contributed by atoms with Gasteiger partial charge in [-0.3, -0.25) is 4.79 Å². The zero-order chi connectivity index (χ0) is 20.3. The number of thiophene rings is 1. The maximum absolute atomic E-state index is 13.4. The van der Waals surface area contributed by atoms with Crippen LogP contribution in [-0.4, -0.2) is 33.9 Å². The van der Waals surface area contributed by atoms with Gasteiger partial charge in [0.1, 0.15) is 5.82 Å². The molecule has 1 aliphatic rings. The predicted octanol–water partition coefficient (Wildman–Crippen LogP) is 5.94. The van der Waals surface area contributed by atoms with Crippen LogP contribution in [0.4, 0.5) is 0 Å². The van der Waals surface area contributed by atoms with E-state index in [1.54, 1.807) is 23.1 Å². The molecule has 6 heteroatoms. The summed E-state index contributed by atoms with van der Waals surface area (Å²) < 4.78 is 0. The molecule has 1 unspecified atom stereocenters. The van der Waals surface area contributed by atoms with Gasteiger partial charge in [-0.15, -0.1) is 23.1 Å². The van der Waals surface area contributed by atoms with Gasteiger partial charge >= 0.3 is 0 Å². The Morgan fingerprint density at radius 1 is 1.13 bits per heavy atom. The first-order valence-electron chi connectivity index (χ1n) is 10.3. The van der Waals surface area contributed by atoms with E-state index in [0.29, 0.717) is 6.54 Å². The van der Waals surface area contributed by atoms with E-state index in [1.165, 1.54) is 4.88 Å². The number of hydrogen-bond acceptors (Lipinski definition) is 4. The van der Waals surface area contributed by atoms with E-state index in [4.69, 9.17) is 4.98 Å². The minimum Gasteiger partial charge on any atom is -0.342 e. The van der Waals surface area contributed by atoms with Crippen LogP contribution in [0.5, 0.6) is 0 Å². The Bertz CT molecular complexity index is 1120. The third-order valence-corrected chi connectivity index (χ3v) is 7.75. The summed E-state index contributed by atoms with van der Waals surface area (Å²) in [6.45, 7) is 1.52. The minimum absolute atomic E-state index is 0.130. The van der Waals surface area contributed by atoms with Gasteiger partial charge in [0, 0.05) is 34.5 Å². The van der Waals surface area contributed by atoms with Crippen molar-refractivity contribution in [2.24, 2.45) is 0 Å². The quantitative estimate of drug-likeness (QED) is 0.397. The Kier molecular flexibility index (Phi) is 5.60. The third-order valence-electron chi connectivity index (χ3n) is 5.57. The van der Waals surface area contributed by atoms with Crippen LogP contribution >= 0.6 is 23.1 Å². The van der Waals surface area contributed by atoms with Crippen LogP contribution in [0.3, 0.4) is 0 Å². The van der Waals surface area contributed by atoms with Crippen molar-refractivity contribution in [3.63, 3.8) is 0 Å². The molecular formula is C24H23N3OS2. The third kappa shape index (κ3) is 4.02. The molecule has 2 aromatic carbocycles. The molecule has 1 saturated heterocycles. The van der Waals surface area contributed by atoms with Crippen LogP contribution in [0.1, 0.15) is 39.8 Å². The normalized spacial score (nSPS) is 16.8.